The molecule has 1 aliphatic rings. The monoisotopic (exact) mass is 385 g/mol. The second kappa shape index (κ2) is 8.53. The van der Waals surface area contributed by atoms with Crippen LogP contribution < -0.4 is 0 Å². The lowest BCUT2D eigenvalue weighted by Crippen LogP contribution is -2.46. The van der Waals surface area contributed by atoms with Gasteiger partial charge in [-0.05, 0) is 58.3 Å². The van der Waals surface area contributed by atoms with E-state index < -0.39 is 0 Å². The number of rotatable bonds is 5. The molecule has 1 aromatic carbocycles. The lowest BCUT2D eigenvalue weighted by molar-refractivity contribution is 0.0635. The number of nitrogens with zero attached hydrogens (tertiary/aromatic N) is 3. The van der Waals surface area contributed by atoms with E-state index in [0.29, 0.717) is 6.04 Å². The Morgan fingerprint density at radius 2 is 1.85 bits per heavy atom. The average molecular weight is 386 g/mol. The predicted molar refractivity (Wildman–Crippen MR) is 114 cm³/mol. The zero-order valence-electron chi connectivity index (χ0n) is 17.2. The Bertz CT molecular complexity index is 802. The highest BCUT2D eigenvalue weighted by Gasteiger charge is 2.28. The summed E-state index contributed by atoms with van der Waals surface area (Å²) in [5.74, 6) is 0.152. The number of benzene rings is 1. The highest BCUT2D eigenvalue weighted by Crippen LogP contribution is 2.32. The summed E-state index contributed by atoms with van der Waals surface area (Å²) in [6.07, 6.45) is 2.13. The Kier molecular flexibility index (Phi) is 6.33. The first-order chi connectivity index (χ1) is 12.9. The molecule has 5 heteroatoms. The van der Waals surface area contributed by atoms with Crippen LogP contribution >= 0.6 is 11.3 Å². The minimum atomic E-state index is 0.152. The summed E-state index contributed by atoms with van der Waals surface area (Å²) in [4.78, 5) is 23.2. The van der Waals surface area contributed by atoms with Crippen molar-refractivity contribution in [2.75, 3.05) is 26.2 Å². The fourth-order valence-corrected chi connectivity index (χ4v) is 5.11. The molecule has 1 amide bonds. The van der Waals surface area contributed by atoms with Crippen molar-refractivity contribution < 1.29 is 4.79 Å². The van der Waals surface area contributed by atoms with Gasteiger partial charge in [0.05, 0.1) is 5.69 Å². The van der Waals surface area contributed by atoms with Crippen molar-refractivity contribution in [1.82, 2.24) is 14.8 Å². The van der Waals surface area contributed by atoms with Gasteiger partial charge < -0.3 is 9.80 Å². The standard InChI is InChI=1S/C22H31N3OS/c1-6-24(7-2)18-10-12-25(13-11-18)22(26)20-17(5)23-21(27-20)19-14-15(3)8-9-16(19)4/h8-9,14,18H,6-7,10-13H2,1-5H3. The minimum Gasteiger partial charge on any atom is -0.338 e. The van der Waals surface area contributed by atoms with Gasteiger partial charge >= 0.3 is 0 Å². The van der Waals surface area contributed by atoms with Gasteiger partial charge in [0.25, 0.3) is 5.91 Å². The summed E-state index contributed by atoms with van der Waals surface area (Å²) >= 11 is 1.54. The molecule has 0 aliphatic carbocycles. The van der Waals surface area contributed by atoms with E-state index in [4.69, 9.17) is 4.98 Å². The molecule has 146 valence electrons. The fourth-order valence-electron chi connectivity index (χ4n) is 3.99. The maximum atomic E-state index is 13.1. The zero-order valence-corrected chi connectivity index (χ0v) is 18.0. The number of aromatic nitrogens is 1. The molecule has 1 saturated heterocycles. The van der Waals surface area contributed by atoms with E-state index in [1.807, 2.05) is 11.8 Å². The lowest BCUT2D eigenvalue weighted by Gasteiger charge is -2.37. The molecule has 1 aromatic heterocycles. The number of hydrogen-bond donors (Lipinski definition) is 0. The molecule has 3 rings (SSSR count). The van der Waals surface area contributed by atoms with Crippen LogP contribution in [-0.2, 0) is 0 Å². The smallest absolute Gasteiger partial charge is 0.265 e. The molecule has 0 N–H and O–H groups in total. The summed E-state index contributed by atoms with van der Waals surface area (Å²) in [6, 6.07) is 7.01. The maximum absolute atomic E-state index is 13.1. The van der Waals surface area contributed by atoms with Gasteiger partial charge in [-0.1, -0.05) is 31.5 Å². The quantitative estimate of drug-likeness (QED) is 0.750. The number of piperidine rings is 1. The summed E-state index contributed by atoms with van der Waals surface area (Å²) in [5, 5.41) is 0.954. The molecule has 1 fully saturated rings. The number of likely N-dealkylation sites (tertiary alicyclic amines) is 1. The van der Waals surface area contributed by atoms with Crippen LogP contribution in [0.3, 0.4) is 0 Å². The normalized spacial score (nSPS) is 15.6. The van der Waals surface area contributed by atoms with Crippen LogP contribution in [0.4, 0.5) is 0 Å². The van der Waals surface area contributed by atoms with E-state index in [1.54, 1.807) is 11.3 Å². The van der Waals surface area contributed by atoms with Crippen LogP contribution in [0.5, 0.6) is 0 Å². The highest BCUT2D eigenvalue weighted by atomic mass is 32.1. The van der Waals surface area contributed by atoms with Crippen LogP contribution in [0.25, 0.3) is 10.6 Å². The number of carbonyl (C=O) groups excluding carboxylic acids is 1. The van der Waals surface area contributed by atoms with Crippen LogP contribution in [0, 0.1) is 20.8 Å². The number of amides is 1. The SMILES string of the molecule is CCN(CC)C1CCN(C(=O)c2sc(-c3cc(C)ccc3C)nc2C)CC1. The molecule has 0 atom stereocenters. The van der Waals surface area contributed by atoms with E-state index in [-0.39, 0.29) is 5.91 Å². The summed E-state index contributed by atoms with van der Waals surface area (Å²) in [5.41, 5.74) is 4.41. The third-order valence-corrected chi connectivity index (χ3v) is 6.87. The van der Waals surface area contributed by atoms with E-state index in [0.717, 1.165) is 60.2 Å². The van der Waals surface area contributed by atoms with Crippen LogP contribution in [0.1, 0.15) is 53.2 Å². The Hall–Kier alpha value is -1.72. The van der Waals surface area contributed by atoms with Crippen molar-refractivity contribution in [2.45, 2.75) is 53.5 Å². The van der Waals surface area contributed by atoms with Crippen LogP contribution in [-0.4, -0.2) is 52.9 Å². The topological polar surface area (TPSA) is 36.4 Å². The Morgan fingerprint density at radius 3 is 2.48 bits per heavy atom. The van der Waals surface area contributed by atoms with E-state index >= 15 is 0 Å². The van der Waals surface area contributed by atoms with Gasteiger partial charge in [-0.2, -0.15) is 0 Å². The first kappa shape index (κ1) is 20.0. The predicted octanol–water partition coefficient (Wildman–Crippen LogP) is 4.68. The van der Waals surface area contributed by atoms with Crippen molar-refractivity contribution in [3.05, 3.63) is 39.9 Å². The van der Waals surface area contributed by atoms with Gasteiger partial charge in [-0.15, -0.1) is 11.3 Å². The minimum absolute atomic E-state index is 0.152. The third kappa shape index (κ3) is 4.25. The van der Waals surface area contributed by atoms with Crippen molar-refractivity contribution in [2.24, 2.45) is 0 Å². The summed E-state index contributed by atoms with van der Waals surface area (Å²) < 4.78 is 0. The molecule has 27 heavy (non-hydrogen) atoms. The summed E-state index contributed by atoms with van der Waals surface area (Å²) in [7, 11) is 0. The number of carbonyl (C=O) groups is 1. The molecule has 2 heterocycles. The molecule has 0 unspecified atom stereocenters. The van der Waals surface area contributed by atoms with E-state index in [9.17, 15) is 4.79 Å². The first-order valence-electron chi connectivity index (χ1n) is 10.0. The van der Waals surface area contributed by atoms with Crippen molar-refractivity contribution in [1.29, 1.82) is 0 Å². The van der Waals surface area contributed by atoms with Gasteiger partial charge in [0, 0.05) is 24.7 Å². The lowest BCUT2D eigenvalue weighted by atomic mass is 10.0. The van der Waals surface area contributed by atoms with E-state index in [2.05, 4.69) is 50.8 Å². The molecular formula is C22H31N3OS. The van der Waals surface area contributed by atoms with Gasteiger partial charge in [0.1, 0.15) is 9.88 Å². The third-order valence-electron chi connectivity index (χ3n) is 5.69. The Balaban J connectivity index is 1.75. The van der Waals surface area contributed by atoms with Crippen LogP contribution in [0.2, 0.25) is 0 Å². The number of aryl methyl sites for hydroxylation is 3. The average Bonchev–Trinajstić information content (AvgIpc) is 3.06. The second-order valence-corrected chi connectivity index (χ2v) is 8.50. The molecular weight excluding hydrogens is 354 g/mol. The number of hydrogen-bond acceptors (Lipinski definition) is 4. The molecule has 4 nitrogen and oxygen atoms in total. The summed E-state index contributed by atoms with van der Waals surface area (Å²) in [6.45, 7) is 14.4. The van der Waals surface area contributed by atoms with Gasteiger partial charge in [0.2, 0.25) is 0 Å². The van der Waals surface area contributed by atoms with Crippen molar-refractivity contribution in [3.63, 3.8) is 0 Å². The van der Waals surface area contributed by atoms with E-state index in [1.165, 1.54) is 11.1 Å². The fraction of sp³-hybridized carbons (Fsp3) is 0.545. The highest BCUT2D eigenvalue weighted by molar-refractivity contribution is 7.17. The van der Waals surface area contributed by atoms with Gasteiger partial charge in [-0.3, -0.25) is 4.79 Å². The molecule has 2 aromatic rings. The molecule has 1 aliphatic heterocycles. The van der Waals surface area contributed by atoms with Gasteiger partial charge in [0.15, 0.2) is 0 Å². The molecule has 0 spiro atoms. The molecule has 0 bridgehead atoms. The van der Waals surface area contributed by atoms with Crippen molar-refractivity contribution in [3.8, 4) is 10.6 Å². The maximum Gasteiger partial charge on any atom is 0.265 e. The largest absolute Gasteiger partial charge is 0.338 e. The molecule has 0 saturated carbocycles. The Labute approximate surface area is 167 Å². The Morgan fingerprint density at radius 1 is 1.19 bits per heavy atom. The molecule has 0 radical (unpaired) electrons. The van der Waals surface area contributed by atoms with Crippen molar-refractivity contribution >= 4 is 17.2 Å². The number of thiazole rings is 1. The van der Waals surface area contributed by atoms with Crippen LogP contribution in [0.15, 0.2) is 18.2 Å². The zero-order chi connectivity index (χ0) is 19.6. The first-order valence-corrected chi connectivity index (χ1v) is 10.8. The second-order valence-electron chi connectivity index (χ2n) is 7.50. The van der Waals surface area contributed by atoms with Gasteiger partial charge in [-0.25, -0.2) is 4.98 Å².